The second kappa shape index (κ2) is 5.61. The number of nitrogens with one attached hydrogen (secondary N) is 2. The van der Waals surface area contributed by atoms with Crippen molar-refractivity contribution in [3.8, 4) is 0 Å². The van der Waals surface area contributed by atoms with Crippen LogP contribution in [0.25, 0.3) is 0 Å². The van der Waals surface area contributed by atoms with Gasteiger partial charge in [-0.2, -0.15) is 0 Å². The maximum atomic E-state index is 11.1. The highest BCUT2D eigenvalue weighted by Gasteiger charge is 2.39. The summed E-state index contributed by atoms with van der Waals surface area (Å²) in [5.41, 5.74) is 1.63. The summed E-state index contributed by atoms with van der Waals surface area (Å²) in [5.74, 6) is 5.27. The van der Waals surface area contributed by atoms with Crippen molar-refractivity contribution >= 4 is 17.1 Å². The van der Waals surface area contributed by atoms with Gasteiger partial charge in [-0.1, -0.05) is 6.07 Å². The highest BCUT2D eigenvalue weighted by atomic mass is 16.6. The summed E-state index contributed by atoms with van der Waals surface area (Å²) < 4.78 is 5.32. The van der Waals surface area contributed by atoms with E-state index in [2.05, 4.69) is 10.7 Å². The van der Waals surface area contributed by atoms with E-state index < -0.39 is 10.5 Å². The van der Waals surface area contributed by atoms with Crippen LogP contribution in [-0.2, 0) is 4.74 Å². The Morgan fingerprint density at radius 2 is 2.30 bits per heavy atom. The molecule has 0 amide bonds. The third kappa shape index (κ3) is 2.67. The first-order chi connectivity index (χ1) is 9.48. The van der Waals surface area contributed by atoms with Crippen molar-refractivity contribution < 1.29 is 14.8 Å². The number of nitro groups is 1. The lowest BCUT2D eigenvalue weighted by molar-refractivity contribution is -0.383. The fourth-order valence-corrected chi connectivity index (χ4v) is 2.25. The third-order valence-electron chi connectivity index (χ3n) is 3.62. The minimum absolute atomic E-state index is 0.148. The molecule has 110 valence electrons. The number of anilines is 2. The number of hydrazine groups is 1. The van der Waals surface area contributed by atoms with Crippen LogP contribution in [0.3, 0.4) is 0 Å². The molecular formula is C12H18N4O4. The van der Waals surface area contributed by atoms with E-state index in [0.29, 0.717) is 18.7 Å². The molecule has 8 heteroatoms. The Labute approximate surface area is 116 Å². The highest BCUT2D eigenvalue weighted by molar-refractivity contribution is 5.75. The summed E-state index contributed by atoms with van der Waals surface area (Å²) in [6.07, 6.45) is 0.175. The first-order valence-corrected chi connectivity index (χ1v) is 6.30. The standard InChI is InChI=1S/C12H18N4O4/c1-8-12(17,5-6-20-8)7-14-9-3-2-4-10(15-13)11(9)16(18)19/h2-4,8,14-15,17H,5-7,13H2,1H3. The Kier molecular flexibility index (Phi) is 4.07. The highest BCUT2D eigenvalue weighted by Crippen LogP contribution is 2.33. The Morgan fingerprint density at radius 1 is 1.60 bits per heavy atom. The number of ether oxygens (including phenoxy) is 1. The monoisotopic (exact) mass is 282 g/mol. The molecule has 2 rings (SSSR count). The molecule has 0 spiro atoms. The molecule has 1 saturated heterocycles. The summed E-state index contributed by atoms with van der Waals surface area (Å²) in [7, 11) is 0. The van der Waals surface area contributed by atoms with Gasteiger partial charge in [0.25, 0.3) is 0 Å². The Balaban J connectivity index is 2.19. The number of hydrogen-bond acceptors (Lipinski definition) is 7. The number of nitro benzene ring substituents is 1. The molecule has 2 unspecified atom stereocenters. The number of aliphatic hydroxyl groups is 1. The van der Waals surface area contributed by atoms with Gasteiger partial charge >= 0.3 is 5.69 Å². The minimum Gasteiger partial charge on any atom is -0.385 e. The average molecular weight is 282 g/mol. The molecule has 0 bridgehead atoms. The Bertz CT molecular complexity index is 510. The second-order valence-electron chi connectivity index (χ2n) is 4.82. The topological polar surface area (TPSA) is 123 Å². The summed E-state index contributed by atoms with van der Waals surface area (Å²) in [6.45, 7) is 2.43. The molecule has 8 nitrogen and oxygen atoms in total. The predicted octanol–water partition coefficient (Wildman–Crippen LogP) is 0.832. The van der Waals surface area contributed by atoms with Gasteiger partial charge in [0, 0.05) is 19.6 Å². The van der Waals surface area contributed by atoms with E-state index in [1.54, 1.807) is 19.1 Å². The molecule has 1 aliphatic heterocycles. The number of nitrogens with zero attached hydrogens (tertiary/aromatic N) is 1. The van der Waals surface area contributed by atoms with Crippen LogP contribution in [0.2, 0.25) is 0 Å². The van der Waals surface area contributed by atoms with Crippen LogP contribution >= 0.6 is 0 Å². The summed E-state index contributed by atoms with van der Waals surface area (Å²) >= 11 is 0. The minimum atomic E-state index is -1.03. The van der Waals surface area contributed by atoms with Gasteiger partial charge in [-0.15, -0.1) is 0 Å². The number of benzene rings is 1. The lowest BCUT2D eigenvalue weighted by atomic mass is 9.96. The average Bonchev–Trinajstić information content (AvgIpc) is 2.76. The van der Waals surface area contributed by atoms with Crippen molar-refractivity contribution in [2.24, 2.45) is 5.84 Å². The van der Waals surface area contributed by atoms with Gasteiger partial charge in [-0.3, -0.25) is 16.0 Å². The number of para-hydroxylation sites is 1. The molecule has 2 atom stereocenters. The molecule has 0 radical (unpaired) electrons. The molecule has 1 heterocycles. The van der Waals surface area contributed by atoms with Crippen LogP contribution in [0.5, 0.6) is 0 Å². The SMILES string of the molecule is CC1OCCC1(O)CNc1cccc(NN)c1[N+](=O)[O-]. The van der Waals surface area contributed by atoms with Crippen LogP contribution in [0, 0.1) is 10.1 Å². The van der Waals surface area contributed by atoms with Crippen molar-refractivity contribution in [2.75, 3.05) is 23.9 Å². The predicted molar refractivity (Wildman–Crippen MR) is 74.4 cm³/mol. The van der Waals surface area contributed by atoms with E-state index in [0.717, 1.165) is 0 Å². The van der Waals surface area contributed by atoms with Gasteiger partial charge in [0.2, 0.25) is 0 Å². The maximum Gasteiger partial charge on any atom is 0.316 e. The first kappa shape index (κ1) is 14.5. The van der Waals surface area contributed by atoms with E-state index in [1.807, 2.05) is 0 Å². The van der Waals surface area contributed by atoms with Gasteiger partial charge in [0.1, 0.15) is 17.0 Å². The molecule has 20 heavy (non-hydrogen) atoms. The van der Waals surface area contributed by atoms with Crippen molar-refractivity contribution in [3.63, 3.8) is 0 Å². The van der Waals surface area contributed by atoms with Crippen LogP contribution in [0.4, 0.5) is 17.1 Å². The van der Waals surface area contributed by atoms with Crippen molar-refractivity contribution in [1.82, 2.24) is 0 Å². The van der Waals surface area contributed by atoms with E-state index in [4.69, 9.17) is 10.6 Å². The van der Waals surface area contributed by atoms with Gasteiger partial charge < -0.3 is 20.6 Å². The van der Waals surface area contributed by atoms with Crippen molar-refractivity contribution in [1.29, 1.82) is 0 Å². The normalized spacial score (nSPS) is 25.4. The fourth-order valence-electron chi connectivity index (χ4n) is 2.25. The Morgan fingerprint density at radius 3 is 2.85 bits per heavy atom. The smallest absolute Gasteiger partial charge is 0.316 e. The lowest BCUT2D eigenvalue weighted by Crippen LogP contribution is -2.43. The number of hydrogen-bond donors (Lipinski definition) is 4. The lowest BCUT2D eigenvalue weighted by Gasteiger charge is -2.26. The molecular weight excluding hydrogens is 264 g/mol. The zero-order chi connectivity index (χ0) is 14.8. The quantitative estimate of drug-likeness (QED) is 0.358. The summed E-state index contributed by atoms with van der Waals surface area (Å²) in [6, 6.07) is 4.73. The summed E-state index contributed by atoms with van der Waals surface area (Å²) in [4.78, 5) is 10.6. The molecule has 1 aromatic carbocycles. The number of rotatable bonds is 5. The zero-order valence-corrected chi connectivity index (χ0v) is 11.1. The van der Waals surface area contributed by atoms with Gasteiger partial charge in [-0.25, -0.2) is 0 Å². The van der Waals surface area contributed by atoms with Crippen LogP contribution in [0.1, 0.15) is 13.3 Å². The summed E-state index contributed by atoms with van der Waals surface area (Å²) in [5, 5.41) is 24.4. The van der Waals surface area contributed by atoms with Crippen LogP contribution < -0.4 is 16.6 Å². The molecule has 1 aliphatic rings. The first-order valence-electron chi connectivity index (χ1n) is 6.30. The van der Waals surface area contributed by atoms with Crippen molar-refractivity contribution in [3.05, 3.63) is 28.3 Å². The van der Waals surface area contributed by atoms with Crippen LogP contribution in [0.15, 0.2) is 18.2 Å². The fraction of sp³-hybridized carbons (Fsp3) is 0.500. The molecule has 1 aromatic rings. The maximum absolute atomic E-state index is 11.1. The molecule has 0 saturated carbocycles. The largest absolute Gasteiger partial charge is 0.385 e. The molecule has 0 aliphatic carbocycles. The van der Waals surface area contributed by atoms with E-state index in [9.17, 15) is 15.2 Å². The molecule has 1 fully saturated rings. The van der Waals surface area contributed by atoms with Crippen molar-refractivity contribution in [2.45, 2.75) is 25.0 Å². The molecule has 0 aromatic heterocycles. The van der Waals surface area contributed by atoms with Gasteiger partial charge in [-0.05, 0) is 19.1 Å². The van der Waals surface area contributed by atoms with E-state index in [1.165, 1.54) is 6.07 Å². The zero-order valence-electron chi connectivity index (χ0n) is 11.1. The number of nitrogen functional groups attached to an aromatic ring is 1. The van der Waals surface area contributed by atoms with Gasteiger partial charge in [0.05, 0.1) is 11.0 Å². The third-order valence-corrected chi connectivity index (χ3v) is 3.62. The van der Waals surface area contributed by atoms with Crippen LogP contribution in [-0.4, -0.2) is 34.9 Å². The molecule has 5 N–H and O–H groups in total. The Hall–Kier alpha value is -1.90. The van der Waals surface area contributed by atoms with Gasteiger partial charge in [0.15, 0.2) is 0 Å². The number of nitrogens with two attached hydrogens (primary N) is 1. The van der Waals surface area contributed by atoms with E-state index >= 15 is 0 Å². The second-order valence-corrected chi connectivity index (χ2v) is 4.82. The van der Waals surface area contributed by atoms with E-state index in [-0.39, 0.29) is 24.0 Å².